The number of hydrazine groups is 1. The molecule has 0 aliphatic rings. The van der Waals surface area contributed by atoms with Crippen molar-refractivity contribution in [1.29, 1.82) is 0 Å². The molecule has 0 saturated carbocycles. The Morgan fingerprint density at radius 1 is 1.38 bits per heavy atom. The molecule has 0 heterocycles. The Morgan fingerprint density at radius 3 is 2.62 bits per heavy atom. The fourth-order valence-electron chi connectivity index (χ4n) is 1.15. The van der Waals surface area contributed by atoms with Crippen molar-refractivity contribution in [3.63, 3.8) is 0 Å². The fraction of sp³-hybridized carbons (Fsp3) is 0.364. The van der Waals surface area contributed by atoms with Crippen LogP contribution in [-0.2, 0) is 16.1 Å². The minimum Gasteiger partial charge on any atom is -0.494 e. The van der Waals surface area contributed by atoms with Crippen LogP contribution < -0.4 is 16.0 Å². The summed E-state index contributed by atoms with van der Waals surface area (Å²) in [6, 6.07) is 7.52. The molecular weight excluding hydrogens is 208 g/mol. The quantitative estimate of drug-likeness (QED) is 0.421. The van der Waals surface area contributed by atoms with Crippen LogP contribution in [0.4, 0.5) is 0 Å². The Hall–Kier alpha value is -1.59. The second-order valence-electron chi connectivity index (χ2n) is 3.14. The summed E-state index contributed by atoms with van der Waals surface area (Å²) in [6.45, 7) is 2.92. The minimum absolute atomic E-state index is 0.0380. The molecule has 1 rings (SSSR count). The normalized spacial score (nSPS) is 9.88. The first kappa shape index (κ1) is 12.5. The number of amides is 1. The molecule has 1 amide bonds. The van der Waals surface area contributed by atoms with E-state index in [9.17, 15) is 4.79 Å². The predicted octanol–water partition coefficient (Wildman–Crippen LogP) is 0.592. The van der Waals surface area contributed by atoms with Crippen molar-refractivity contribution in [2.75, 3.05) is 13.2 Å². The topological polar surface area (TPSA) is 73.6 Å². The summed E-state index contributed by atoms with van der Waals surface area (Å²) in [5.74, 6) is 5.39. The zero-order chi connectivity index (χ0) is 11.8. The lowest BCUT2D eigenvalue weighted by atomic mass is 10.2. The van der Waals surface area contributed by atoms with Crippen molar-refractivity contribution in [1.82, 2.24) is 5.43 Å². The van der Waals surface area contributed by atoms with Crippen molar-refractivity contribution >= 4 is 5.91 Å². The van der Waals surface area contributed by atoms with Gasteiger partial charge in [-0.1, -0.05) is 12.1 Å². The number of nitrogens with one attached hydrogen (secondary N) is 1. The lowest BCUT2D eigenvalue weighted by Crippen LogP contribution is -2.33. The first-order valence-corrected chi connectivity index (χ1v) is 5.05. The maximum absolute atomic E-state index is 10.8. The zero-order valence-electron chi connectivity index (χ0n) is 9.23. The summed E-state index contributed by atoms with van der Waals surface area (Å²) >= 11 is 0. The molecule has 5 nitrogen and oxygen atoms in total. The van der Waals surface area contributed by atoms with Crippen molar-refractivity contribution in [2.45, 2.75) is 13.5 Å². The van der Waals surface area contributed by atoms with Crippen LogP contribution in [-0.4, -0.2) is 19.1 Å². The SMILES string of the molecule is CCOc1ccc(COCC(=O)NN)cc1. The molecule has 0 atom stereocenters. The number of nitrogens with two attached hydrogens (primary N) is 1. The Morgan fingerprint density at radius 2 is 2.06 bits per heavy atom. The van der Waals surface area contributed by atoms with E-state index < -0.39 is 0 Å². The number of ether oxygens (including phenoxy) is 2. The molecule has 88 valence electrons. The van der Waals surface area contributed by atoms with Crippen molar-refractivity contribution < 1.29 is 14.3 Å². The molecule has 1 aromatic rings. The third-order valence-electron chi connectivity index (χ3n) is 1.90. The molecule has 0 aliphatic heterocycles. The number of carbonyl (C=O) groups is 1. The Balaban J connectivity index is 2.34. The van der Waals surface area contributed by atoms with Crippen LogP contribution in [0.15, 0.2) is 24.3 Å². The van der Waals surface area contributed by atoms with Crippen LogP contribution in [0.2, 0.25) is 0 Å². The number of hydrogen-bond donors (Lipinski definition) is 2. The van der Waals surface area contributed by atoms with Gasteiger partial charge in [-0.2, -0.15) is 0 Å². The van der Waals surface area contributed by atoms with E-state index in [2.05, 4.69) is 0 Å². The lowest BCUT2D eigenvalue weighted by molar-refractivity contribution is -0.126. The van der Waals surface area contributed by atoms with Crippen LogP contribution in [0.3, 0.4) is 0 Å². The number of carbonyl (C=O) groups excluding carboxylic acids is 1. The fourth-order valence-corrected chi connectivity index (χ4v) is 1.15. The van der Waals surface area contributed by atoms with Crippen LogP contribution in [0.25, 0.3) is 0 Å². The van der Waals surface area contributed by atoms with E-state index in [0.717, 1.165) is 11.3 Å². The summed E-state index contributed by atoms with van der Waals surface area (Å²) in [7, 11) is 0. The van der Waals surface area contributed by atoms with Gasteiger partial charge in [-0.05, 0) is 24.6 Å². The standard InChI is InChI=1S/C11H16N2O3/c1-2-16-10-5-3-9(4-6-10)7-15-8-11(14)13-12/h3-6H,2,7-8,12H2,1H3,(H,13,14). The molecule has 0 bridgehead atoms. The Bertz CT molecular complexity index is 325. The third-order valence-corrected chi connectivity index (χ3v) is 1.90. The summed E-state index contributed by atoms with van der Waals surface area (Å²) < 4.78 is 10.4. The van der Waals surface area contributed by atoms with Gasteiger partial charge in [0.1, 0.15) is 12.4 Å². The van der Waals surface area contributed by atoms with Gasteiger partial charge < -0.3 is 9.47 Å². The minimum atomic E-state index is -0.342. The van der Waals surface area contributed by atoms with Gasteiger partial charge in [0.05, 0.1) is 13.2 Å². The van der Waals surface area contributed by atoms with Crippen molar-refractivity contribution in [3.05, 3.63) is 29.8 Å². The Labute approximate surface area is 94.5 Å². The first-order valence-electron chi connectivity index (χ1n) is 5.05. The van der Waals surface area contributed by atoms with Crippen molar-refractivity contribution in [2.24, 2.45) is 5.84 Å². The van der Waals surface area contributed by atoms with Gasteiger partial charge in [0, 0.05) is 0 Å². The molecule has 5 heteroatoms. The molecule has 0 aliphatic carbocycles. The van der Waals surface area contributed by atoms with E-state index in [1.54, 1.807) is 0 Å². The van der Waals surface area contributed by atoms with E-state index in [-0.39, 0.29) is 12.5 Å². The molecule has 0 saturated heterocycles. The zero-order valence-corrected chi connectivity index (χ0v) is 9.23. The number of hydrogen-bond acceptors (Lipinski definition) is 4. The average molecular weight is 224 g/mol. The van der Waals surface area contributed by atoms with Gasteiger partial charge in [-0.25, -0.2) is 5.84 Å². The van der Waals surface area contributed by atoms with E-state index in [4.69, 9.17) is 15.3 Å². The smallest absolute Gasteiger partial charge is 0.259 e. The van der Waals surface area contributed by atoms with Crippen LogP contribution in [0.1, 0.15) is 12.5 Å². The highest BCUT2D eigenvalue weighted by Crippen LogP contribution is 2.12. The molecule has 0 spiro atoms. The van der Waals surface area contributed by atoms with Crippen LogP contribution in [0, 0.1) is 0 Å². The predicted molar refractivity (Wildman–Crippen MR) is 59.6 cm³/mol. The molecular formula is C11H16N2O3. The molecule has 1 aromatic carbocycles. The molecule has 0 aromatic heterocycles. The van der Waals surface area contributed by atoms with Crippen molar-refractivity contribution in [3.8, 4) is 5.75 Å². The molecule has 16 heavy (non-hydrogen) atoms. The molecule has 3 N–H and O–H groups in total. The highest BCUT2D eigenvalue weighted by atomic mass is 16.5. The largest absolute Gasteiger partial charge is 0.494 e. The van der Waals surface area contributed by atoms with Crippen LogP contribution in [0.5, 0.6) is 5.75 Å². The molecule has 0 unspecified atom stereocenters. The highest BCUT2D eigenvalue weighted by molar-refractivity contribution is 5.76. The molecule has 0 radical (unpaired) electrons. The summed E-state index contributed by atoms with van der Waals surface area (Å²) in [5.41, 5.74) is 2.97. The van der Waals surface area contributed by atoms with Gasteiger partial charge in [0.2, 0.25) is 0 Å². The van der Waals surface area contributed by atoms with Gasteiger partial charge in [-0.3, -0.25) is 10.2 Å². The van der Waals surface area contributed by atoms with Gasteiger partial charge >= 0.3 is 0 Å². The maximum atomic E-state index is 10.8. The van der Waals surface area contributed by atoms with Gasteiger partial charge in [0.15, 0.2) is 0 Å². The highest BCUT2D eigenvalue weighted by Gasteiger charge is 1.99. The summed E-state index contributed by atoms with van der Waals surface area (Å²) in [6.07, 6.45) is 0. The number of benzene rings is 1. The van der Waals surface area contributed by atoms with Crippen LogP contribution >= 0.6 is 0 Å². The third kappa shape index (κ3) is 4.29. The summed E-state index contributed by atoms with van der Waals surface area (Å²) in [4.78, 5) is 10.8. The first-order chi connectivity index (χ1) is 7.76. The van der Waals surface area contributed by atoms with E-state index in [0.29, 0.717) is 13.2 Å². The maximum Gasteiger partial charge on any atom is 0.259 e. The second kappa shape index (κ2) is 6.81. The van der Waals surface area contributed by atoms with E-state index >= 15 is 0 Å². The van der Waals surface area contributed by atoms with Gasteiger partial charge in [-0.15, -0.1) is 0 Å². The summed E-state index contributed by atoms with van der Waals surface area (Å²) in [5, 5.41) is 0. The van der Waals surface area contributed by atoms with E-state index in [1.807, 2.05) is 36.6 Å². The average Bonchev–Trinajstić information content (AvgIpc) is 2.31. The molecule has 0 fully saturated rings. The number of rotatable bonds is 6. The van der Waals surface area contributed by atoms with Gasteiger partial charge in [0.25, 0.3) is 5.91 Å². The van der Waals surface area contributed by atoms with E-state index in [1.165, 1.54) is 0 Å². The lowest BCUT2D eigenvalue weighted by Gasteiger charge is -2.05. The second-order valence-corrected chi connectivity index (χ2v) is 3.14. The Kier molecular flexibility index (Phi) is 5.31. The monoisotopic (exact) mass is 224 g/mol.